The number of aliphatic hydroxyl groups excluding tert-OH is 1. The molecule has 4 amide bonds. The first-order valence-corrected chi connectivity index (χ1v) is 20.5. The van der Waals surface area contributed by atoms with E-state index in [9.17, 15) is 44.3 Å². The summed E-state index contributed by atoms with van der Waals surface area (Å²) in [6.45, 7) is 9.30. The number of hydrogen-bond acceptors (Lipinski definition) is 15. The van der Waals surface area contributed by atoms with Gasteiger partial charge in [-0.05, 0) is 106 Å². The van der Waals surface area contributed by atoms with Gasteiger partial charge in [-0.1, -0.05) is 30.3 Å². The van der Waals surface area contributed by atoms with E-state index >= 15 is 0 Å². The molecule has 2 aliphatic heterocycles. The molecule has 352 valence electrons. The van der Waals surface area contributed by atoms with Gasteiger partial charge in [-0.15, -0.1) is 0 Å². The molecule has 4 bridgehead atoms. The maximum atomic E-state index is 14.6. The minimum Gasteiger partial charge on any atom is -0.504 e. The van der Waals surface area contributed by atoms with E-state index in [1.165, 1.54) is 33.5 Å². The van der Waals surface area contributed by atoms with Crippen LogP contribution in [0.15, 0.2) is 78.9 Å². The minimum absolute atomic E-state index is 0.175. The van der Waals surface area contributed by atoms with Crippen molar-refractivity contribution in [2.24, 2.45) is 0 Å². The first-order valence-electron chi connectivity index (χ1n) is 20.5. The monoisotopic (exact) mass is 915 g/mol. The number of hydrogen-bond donors (Lipinski definition) is 6. The highest BCUT2D eigenvalue weighted by Crippen LogP contribution is 2.44. The highest BCUT2D eigenvalue weighted by Gasteiger charge is 2.39. The molecule has 4 aromatic carbocycles. The van der Waals surface area contributed by atoms with Crippen LogP contribution >= 0.6 is 0 Å². The number of carbonyl (C=O) groups is 5. The average Bonchev–Trinajstić information content (AvgIpc) is 3.24. The number of aliphatic hydroxyl groups is 1. The van der Waals surface area contributed by atoms with Crippen molar-refractivity contribution < 1.29 is 67.5 Å². The van der Waals surface area contributed by atoms with Crippen molar-refractivity contribution >= 4 is 35.5 Å². The number of nitrogens with zero attached hydrogens (tertiary/aromatic N) is 1. The zero-order valence-corrected chi connectivity index (χ0v) is 37.7. The molecule has 0 saturated carbocycles. The maximum Gasteiger partial charge on any atom is 0.408 e. The van der Waals surface area contributed by atoms with Crippen LogP contribution in [0.1, 0.15) is 88.4 Å². The Balaban J connectivity index is 1.67. The summed E-state index contributed by atoms with van der Waals surface area (Å²) in [5, 5.41) is 45.5. The van der Waals surface area contributed by atoms with E-state index < -0.39 is 99.8 Å². The zero-order chi connectivity index (χ0) is 48.7. The number of nitro benzene ring substituents is 1. The van der Waals surface area contributed by atoms with E-state index in [4.69, 9.17) is 28.4 Å². The zero-order valence-electron chi connectivity index (χ0n) is 37.7. The quantitative estimate of drug-likeness (QED) is 0.0630. The molecular weight excluding hydrogens is 863 g/mol. The lowest BCUT2D eigenvalue weighted by molar-refractivity contribution is -0.385. The molecule has 2 aliphatic rings. The topological polar surface area (TPSA) is 272 Å². The molecule has 0 saturated heterocycles. The Hall–Kier alpha value is -7.61. The number of ether oxygens (including phenoxy) is 6. The van der Waals surface area contributed by atoms with Crippen LogP contribution in [0.25, 0.3) is 0 Å². The standard InChI is InChI=1S/C46H53N5O15/c1-45(2,3)65-43(57)37-27-21-32(52)40(63-9)34(22-27)64-33-19-14-26(20-31(33)51(59)60)39(54)38(50-44(58)66-46(4,5)6)42(56)47-30(41(55)49-37)23-35(53)48-36(24-10-15-28(61-7)16-11-24)25-12-17-29(62-8)18-13-25/h10-22,30,36-39,52,54H,23H2,1-9H3,(H,47,56)(H,48,53)(H,49,55)(H,50,58)/t30-,37+,38+,39+/m0/s1. The van der Waals surface area contributed by atoms with Gasteiger partial charge in [0.25, 0.3) is 0 Å². The maximum absolute atomic E-state index is 14.6. The summed E-state index contributed by atoms with van der Waals surface area (Å²) in [6.07, 6.45) is -4.08. The molecule has 66 heavy (non-hydrogen) atoms. The second-order valence-corrected chi connectivity index (χ2v) is 17.0. The fourth-order valence-corrected chi connectivity index (χ4v) is 6.75. The molecule has 0 aromatic heterocycles. The van der Waals surface area contributed by atoms with Crippen LogP contribution in [-0.4, -0.2) is 89.5 Å². The lowest BCUT2D eigenvalue weighted by atomic mass is 9.97. The number of nitro groups is 1. The molecule has 4 aromatic rings. The largest absolute Gasteiger partial charge is 0.504 e. The second-order valence-electron chi connectivity index (χ2n) is 17.0. The van der Waals surface area contributed by atoms with Crippen LogP contribution in [0.4, 0.5) is 10.5 Å². The van der Waals surface area contributed by atoms with E-state index in [0.717, 1.165) is 18.2 Å². The van der Waals surface area contributed by atoms with Gasteiger partial charge in [0.1, 0.15) is 40.9 Å². The lowest BCUT2D eigenvalue weighted by Crippen LogP contribution is -2.57. The fraction of sp³-hybridized carbons (Fsp3) is 0.370. The van der Waals surface area contributed by atoms with E-state index in [-0.39, 0.29) is 22.6 Å². The number of nitrogens with one attached hydrogen (secondary N) is 4. The van der Waals surface area contributed by atoms with Gasteiger partial charge in [-0.3, -0.25) is 24.5 Å². The minimum atomic E-state index is -2.07. The van der Waals surface area contributed by atoms with Gasteiger partial charge in [-0.2, -0.15) is 0 Å². The van der Waals surface area contributed by atoms with E-state index in [2.05, 4.69) is 21.3 Å². The number of methoxy groups -OCH3 is 3. The summed E-state index contributed by atoms with van der Waals surface area (Å²) in [4.78, 5) is 82.3. The van der Waals surface area contributed by atoms with Gasteiger partial charge in [0.05, 0.1) is 38.7 Å². The third-order valence-electron chi connectivity index (χ3n) is 9.76. The molecule has 20 nitrogen and oxygen atoms in total. The molecule has 0 aliphatic carbocycles. The van der Waals surface area contributed by atoms with Crippen molar-refractivity contribution in [1.29, 1.82) is 0 Å². The molecular formula is C46H53N5O15. The van der Waals surface area contributed by atoms with Crippen LogP contribution < -0.4 is 40.2 Å². The lowest BCUT2D eigenvalue weighted by Gasteiger charge is -2.30. The number of fused-ring (bicyclic) bond motifs is 9. The molecule has 0 spiro atoms. The molecule has 20 heteroatoms. The number of phenolic OH excluding ortho intramolecular Hbond substituents is 1. The van der Waals surface area contributed by atoms with Gasteiger partial charge in [0.15, 0.2) is 17.5 Å². The number of carbonyl (C=O) groups excluding carboxylic acids is 5. The summed E-state index contributed by atoms with van der Waals surface area (Å²) in [5.41, 5.74) is -2.25. The number of esters is 1. The van der Waals surface area contributed by atoms with Crippen molar-refractivity contribution in [3.63, 3.8) is 0 Å². The average molecular weight is 916 g/mol. The molecule has 6 rings (SSSR count). The van der Waals surface area contributed by atoms with Crippen molar-refractivity contribution in [3.05, 3.63) is 111 Å². The number of aromatic hydroxyl groups is 1. The van der Waals surface area contributed by atoms with Crippen LogP contribution in [0.3, 0.4) is 0 Å². The SMILES string of the molecule is COc1ccc(C(NC(=O)C[C@@H]2NC(=O)[C@H](NC(=O)OC(C)(C)C)[C@H](O)c3ccc(c([N+](=O)[O-])c3)Oc3cc(cc(O)c3OC)[C@H](C(=O)OC(C)(C)C)NC2=O)c2ccc(OC)cc2)cc1. The van der Waals surface area contributed by atoms with E-state index in [0.29, 0.717) is 22.6 Å². The second kappa shape index (κ2) is 20.5. The van der Waals surface area contributed by atoms with E-state index in [1.807, 2.05) is 0 Å². The number of phenols is 1. The Kier molecular flexibility index (Phi) is 15.3. The summed E-state index contributed by atoms with van der Waals surface area (Å²) in [7, 11) is 4.17. The Morgan fingerprint density at radius 1 is 0.773 bits per heavy atom. The summed E-state index contributed by atoms with van der Waals surface area (Å²) >= 11 is 0. The first kappa shape index (κ1) is 49.4. The third kappa shape index (κ3) is 12.6. The van der Waals surface area contributed by atoms with Gasteiger partial charge in [0.2, 0.25) is 29.2 Å². The van der Waals surface area contributed by atoms with Crippen LogP contribution in [-0.2, 0) is 28.7 Å². The summed E-state index contributed by atoms with van der Waals surface area (Å²) < 4.78 is 32.9. The predicted octanol–water partition coefficient (Wildman–Crippen LogP) is 5.34. The third-order valence-corrected chi connectivity index (χ3v) is 9.76. The number of alkyl carbamates (subject to hydrolysis) is 1. The summed E-state index contributed by atoms with van der Waals surface area (Å²) in [5.74, 6) is -4.94. The Morgan fingerprint density at radius 2 is 1.35 bits per heavy atom. The molecule has 0 radical (unpaired) electrons. The van der Waals surface area contributed by atoms with Crippen molar-refractivity contribution in [2.45, 2.75) is 89.4 Å². The summed E-state index contributed by atoms with van der Waals surface area (Å²) in [6, 6.07) is 12.4. The Labute approximate surface area is 380 Å². The Morgan fingerprint density at radius 3 is 1.86 bits per heavy atom. The molecule has 6 N–H and O–H groups in total. The highest BCUT2D eigenvalue weighted by molar-refractivity contribution is 5.96. The van der Waals surface area contributed by atoms with Crippen molar-refractivity contribution in [3.8, 4) is 34.5 Å². The van der Waals surface area contributed by atoms with Crippen LogP contribution in [0, 0.1) is 10.1 Å². The Bertz CT molecular complexity index is 2400. The van der Waals surface area contributed by atoms with Crippen molar-refractivity contribution in [2.75, 3.05) is 21.3 Å². The van der Waals surface area contributed by atoms with Gasteiger partial charge < -0.3 is 59.9 Å². The molecule has 0 unspecified atom stereocenters. The first-order chi connectivity index (χ1) is 31.0. The van der Waals surface area contributed by atoms with Gasteiger partial charge in [-0.25, -0.2) is 9.59 Å². The van der Waals surface area contributed by atoms with Crippen molar-refractivity contribution in [1.82, 2.24) is 21.3 Å². The predicted molar refractivity (Wildman–Crippen MR) is 235 cm³/mol. The van der Waals surface area contributed by atoms with Gasteiger partial charge in [0, 0.05) is 6.07 Å². The normalized spacial score (nSPS) is 17.6. The van der Waals surface area contributed by atoms with E-state index in [1.54, 1.807) is 90.1 Å². The smallest absolute Gasteiger partial charge is 0.408 e. The van der Waals surface area contributed by atoms with Crippen LogP contribution in [0.2, 0.25) is 0 Å². The van der Waals surface area contributed by atoms with Gasteiger partial charge >= 0.3 is 17.7 Å². The molecule has 0 fully saturated rings. The number of amides is 4. The molecule has 2 heterocycles. The number of rotatable bonds is 11. The number of benzene rings is 4. The molecule has 4 atom stereocenters. The highest BCUT2D eigenvalue weighted by atomic mass is 16.6. The fourth-order valence-electron chi connectivity index (χ4n) is 6.75. The van der Waals surface area contributed by atoms with Crippen LogP contribution in [0.5, 0.6) is 34.5 Å².